The maximum atomic E-state index is 4.81. The molecule has 0 fully saturated rings. The average Bonchev–Trinajstić information content (AvgIpc) is 2.49. The number of anilines is 2. The van der Waals surface area contributed by atoms with Gasteiger partial charge in [-0.25, -0.2) is 0 Å². The first-order chi connectivity index (χ1) is 10.5. The van der Waals surface area contributed by atoms with Gasteiger partial charge in [0.1, 0.15) is 0 Å². The van der Waals surface area contributed by atoms with E-state index in [-0.39, 0.29) is 15.9 Å². The summed E-state index contributed by atoms with van der Waals surface area (Å²) in [4.78, 5) is 4.25. The standard InChI is InChI=1S/C16H21N2P.2ClH.Pd/c1-17(2)13-5-9-15(10-6-13)19-16-11-7-14(8-12-16)18(3)4;;;/h5-12,19H,1-4H3;2*1H;/q;;;+2/p-2. The molecule has 0 spiro atoms. The Hall–Kier alpha value is -0.288. The summed E-state index contributed by atoms with van der Waals surface area (Å²) >= 11 is -0.106. The van der Waals surface area contributed by atoms with E-state index >= 15 is 0 Å². The summed E-state index contributed by atoms with van der Waals surface area (Å²) in [5, 5.41) is 2.76. The van der Waals surface area contributed by atoms with Crippen LogP contribution in [0.4, 0.5) is 11.4 Å². The fraction of sp³-hybridized carbons (Fsp3) is 0.250. The second kappa shape index (κ2) is 10.5. The van der Waals surface area contributed by atoms with Crippen LogP contribution in [0.25, 0.3) is 0 Å². The molecule has 0 aliphatic rings. The maximum absolute atomic E-state index is 4.81. The zero-order valence-corrected chi connectivity index (χ0v) is 17.2. The van der Waals surface area contributed by atoms with Crippen LogP contribution in [-0.2, 0) is 15.9 Å². The molecule has 0 N–H and O–H groups in total. The predicted octanol–water partition coefficient (Wildman–Crippen LogP) is 3.82. The molecule has 0 bridgehead atoms. The van der Waals surface area contributed by atoms with Gasteiger partial charge in [0.15, 0.2) is 0 Å². The molecule has 22 heavy (non-hydrogen) atoms. The van der Waals surface area contributed by atoms with Gasteiger partial charge < -0.3 is 9.80 Å². The average molecular weight is 450 g/mol. The van der Waals surface area contributed by atoms with Gasteiger partial charge in [0.05, 0.1) is 0 Å². The second-order valence-corrected chi connectivity index (χ2v) is 8.82. The molecule has 0 aliphatic heterocycles. The Morgan fingerprint density at radius 3 is 1.18 bits per heavy atom. The minimum atomic E-state index is -0.106. The fourth-order valence-corrected chi connectivity index (χ4v) is 2.85. The molecule has 2 rings (SSSR count). The molecule has 0 saturated carbocycles. The SMILES string of the molecule is CN(C)c1ccc(Pc2ccc(N(C)C)cc2)cc1.[Cl][Pd][Cl]. The summed E-state index contributed by atoms with van der Waals surface area (Å²) in [5.74, 6) is 0. The molecule has 6 heteroatoms. The van der Waals surface area contributed by atoms with E-state index in [0.717, 1.165) is 8.58 Å². The van der Waals surface area contributed by atoms with E-state index in [0.29, 0.717) is 0 Å². The van der Waals surface area contributed by atoms with Crippen molar-refractivity contribution in [3.63, 3.8) is 0 Å². The first kappa shape index (κ1) is 19.8. The van der Waals surface area contributed by atoms with E-state index in [1.165, 1.54) is 22.0 Å². The summed E-state index contributed by atoms with van der Waals surface area (Å²) in [6.45, 7) is 0. The molecule has 0 amide bonds. The fourth-order valence-electron chi connectivity index (χ4n) is 1.85. The van der Waals surface area contributed by atoms with Crippen molar-refractivity contribution in [2.75, 3.05) is 38.0 Å². The molecular formula is C16H21Cl2N2PPd. The summed E-state index contributed by atoms with van der Waals surface area (Å²) < 4.78 is 0. The minimum absolute atomic E-state index is 0.106. The predicted molar refractivity (Wildman–Crippen MR) is 101 cm³/mol. The summed E-state index contributed by atoms with van der Waals surface area (Å²) in [7, 11) is 18.6. The molecule has 0 saturated heterocycles. The van der Waals surface area contributed by atoms with Gasteiger partial charge in [-0.15, -0.1) is 0 Å². The van der Waals surface area contributed by atoms with Crippen LogP contribution in [0.3, 0.4) is 0 Å². The van der Waals surface area contributed by atoms with Gasteiger partial charge in [0.25, 0.3) is 0 Å². The van der Waals surface area contributed by atoms with Crippen LogP contribution in [0.15, 0.2) is 48.5 Å². The van der Waals surface area contributed by atoms with Crippen molar-refractivity contribution in [1.29, 1.82) is 0 Å². The molecule has 0 radical (unpaired) electrons. The Morgan fingerprint density at radius 2 is 0.955 bits per heavy atom. The van der Waals surface area contributed by atoms with Gasteiger partial charge in [-0.05, 0) is 34.9 Å². The summed E-state index contributed by atoms with van der Waals surface area (Å²) in [6, 6.07) is 17.6. The Kier molecular flexibility index (Phi) is 9.41. The van der Waals surface area contributed by atoms with Gasteiger partial charge in [-0.3, -0.25) is 0 Å². The molecule has 2 nitrogen and oxygen atoms in total. The molecule has 2 aromatic carbocycles. The number of nitrogens with zero attached hydrogens (tertiary/aromatic N) is 2. The summed E-state index contributed by atoms with van der Waals surface area (Å²) in [6.07, 6.45) is 0. The number of hydrogen-bond donors (Lipinski definition) is 0. The van der Waals surface area contributed by atoms with E-state index in [2.05, 4.69) is 86.5 Å². The van der Waals surface area contributed by atoms with Crippen LogP contribution >= 0.6 is 27.6 Å². The second-order valence-electron chi connectivity index (χ2n) is 5.05. The van der Waals surface area contributed by atoms with Crippen molar-refractivity contribution < 1.29 is 15.9 Å². The van der Waals surface area contributed by atoms with Crippen molar-refractivity contribution in [3.05, 3.63) is 48.5 Å². The van der Waals surface area contributed by atoms with E-state index < -0.39 is 0 Å². The van der Waals surface area contributed by atoms with E-state index in [4.69, 9.17) is 19.1 Å². The monoisotopic (exact) mass is 448 g/mol. The van der Waals surface area contributed by atoms with Crippen molar-refractivity contribution in [2.24, 2.45) is 0 Å². The van der Waals surface area contributed by atoms with Gasteiger partial charge >= 0.3 is 35.0 Å². The molecule has 0 unspecified atom stereocenters. The van der Waals surface area contributed by atoms with Gasteiger partial charge in [0.2, 0.25) is 0 Å². The van der Waals surface area contributed by atoms with Crippen LogP contribution in [-0.4, -0.2) is 28.2 Å². The Morgan fingerprint density at radius 1 is 0.682 bits per heavy atom. The van der Waals surface area contributed by atoms with Crippen LogP contribution in [0.2, 0.25) is 0 Å². The van der Waals surface area contributed by atoms with Gasteiger partial charge in [-0.1, -0.05) is 32.8 Å². The van der Waals surface area contributed by atoms with Crippen LogP contribution in [0.5, 0.6) is 0 Å². The zero-order chi connectivity index (χ0) is 16.5. The molecular weight excluding hydrogens is 428 g/mol. The Balaban J connectivity index is 0.000000745. The van der Waals surface area contributed by atoms with Crippen molar-refractivity contribution >= 4 is 49.6 Å². The van der Waals surface area contributed by atoms with Gasteiger partial charge in [0, 0.05) is 39.6 Å². The third-order valence-electron chi connectivity index (χ3n) is 3.06. The van der Waals surface area contributed by atoms with Crippen molar-refractivity contribution in [3.8, 4) is 0 Å². The van der Waals surface area contributed by atoms with Crippen LogP contribution in [0, 0.1) is 0 Å². The molecule has 0 atom stereocenters. The Labute approximate surface area is 151 Å². The molecule has 2 aromatic rings. The molecule has 0 aromatic heterocycles. The third-order valence-corrected chi connectivity index (χ3v) is 4.30. The van der Waals surface area contributed by atoms with Crippen LogP contribution in [0.1, 0.15) is 0 Å². The zero-order valence-electron chi connectivity index (χ0n) is 13.1. The normalized spacial score (nSPS) is 9.91. The molecule has 0 aliphatic carbocycles. The summed E-state index contributed by atoms with van der Waals surface area (Å²) in [5.41, 5.74) is 2.49. The molecule has 124 valence electrons. The quantitative estimate of drug-likeness (QED) is 0.517. The Bertz CT molecular complexity index is 496. The number of halogens is 2. The number of benzene rings is 2. The topological polar surface area (TPSA) is 6.48 Å². The molecule has 0 heterocycles. The van der Waals surface area contributed by atoms with E-state index in [9.17, 15) is 0 Å². The van der Waals surface area contributed by atoms with E-state index in [1.54, 1.807) is 0 Å². The first-order valence-corrected chi connectivity index (χ1v) is 11.6. The third kappa shape index (κ3) is 6.86. The number of rotatable bonds is 4. The van der Waals surface area contributed by atoms with E-state index in [1.807, 2.05) is 0 Å². The van der Waals surface area contributed by atoms with Crippen molar-refractivity contribution in [1.82, 2.24) is 0 Å². The van der Waals surface area contributed by atoms with Crippen molar-refractivity contribution in [2.45, 2.75) is 0 Å². The first-order valence-electron chi connectivity index (χ1n) is 6.62. The number of hydrogen-bond acceptors (Lipinski definition) is 2. The van der Waals surface area contributed by atoms with Gasteiger partial charge in [-0.2, -0.15) is 0 Å². The van der Waals surface area contributed by atoms with Crippen LogP contribution < -0.4 is 20.4 Å².